The minimum atomic E-state index is -4.61. The number of fused-ring (bicyclic) bond motifs is 3. The summed E-state index contributed by atoms with van der Waals surface area (Å²) >= 11 is 0. The number of hydrogen-bond acceptors (Lipinski definition) is 2. The Morgan fingerprint density at radius 3 is 2.42 bits per heavy atom. The topological polar surface area (TPSA) is 57.2 Å². The first kappa shape index (κ1) is 23.4. The van der Waals surface area contributed by atoms with Gasteiger partial charge in [0.1, 0.15) is 11.6 Å². The summed E-state index contributed by atoms with van der Waals surface area (Å²) < 4.78 is 61.6. The third-order valence-corrected chi connectivity index (χ3v) is 6.18. The van der Waals surface area contributed by atoms with Crippen molar-refractivity contribution in [2.45, 2.75) is 12.7 Å². The number of rotatable bonds is 5. The average Bonchev–Trinajstić information content (AvgIpc) is 3.17. The van der Waals surface area contributed by atoms with E-state index in [1.807, 2.05) is 18.2 Å². The van der Waals surface area contributed by atoms with Gasteiger partial charge < -0.3 is 15.0 Å². The van der Waals surface area contributed by atoms with Crippen LogP contribution in [0.4, 0.5) is 17.6 Å². The van der Waals surface area contributed by atoms with Crippen LogP contribution in [-0.2, 0) is 12.7 Å². The zero-order valence-electron chi connectivity index (χ0n) is 19.0. The molecule has 4 nitrogen and oxygen atoms in total. The van der Waals surface area contributed by atoms with Crippen LogP contribution in [0.1, 0.15) is 21.5 Å². The molecule has 36 heavy (non-hydrogen) atoms. The Morgan fingerprint density at radius 1 is 1.00 bits per heavy atom. The Bertz CT molecular complexity index is 1620. The van der Waals surface area contributed by atoms with Gasteiger partial charge >= 0.3 is 6.18 Å². The van der Waals surface area contributed by atoms with Crippen molar-refractivity contribution in [3.8, 4) is 16.9 Å². The van der Waals surface area contributed by atoms with Crippen molar-refractivity contribution in [1.29, 1.82) is 0 Å². The van der Waals surface area contributed by atoms with Crippen molar-refractivity contribution in [2.24, 2.45) is 5.73 Å². The van der Waals surface area contributed by atoms with Crippen LogP contribution in [-0.4, -0.2) is 17.6 Å². The molecule has 5 rings (SSSR count). The fourth-order valence-electron chi connectivity index (χ4n) is 4.42. The Hall–Kier alpha value is -4.33. The number of nitrogens with two attached hydrogens (primary N) is 1. The molecule has 0 fully saturated rings. The van der Waals surface area contributed by atoms with E-state index in [1.165, 1.54) is 0 Å². The molecule has 1 amide bonds. The number of nitrogens with zero attached hydrogens (tertiary/aromatic N) is 1. The van der Waals surface area contributed by atoms with Gasteiger partial charge in [0.2, 0.25) is 5.91 Å². The molecule has 1 radical (unpaired) electrons. The van der Waals surface area contributed by atoms with E-state index >= 15 is 0 Å². The average molecular weight is 491 g/mol. The molecule has 5 aromatic rings. The second kappa shape index (κ2) is 8.71. The van der Waals surface area contributed by atoms with Crippen LogP contribution in [0, 0.1) is 11.9 Å². The summed E-state index contributed by atoms with van der Waals surface area (Å²) in [7, 11) is 1.57. The highest BCUT2D eigenvalue weighted by Crippen LogP contribution is 2.36. The fourth-order valence-corrected chi connectivity index (χ4v) is 4.42. The molecule has 2 N–H and O–H groups in total. The summed E-state index contributed by atoms with van der Waals surface area (Å²) in [4.78, 5) is 12.2. The number of aromatic nitrogens is 1. The number of amides is 1. The summed E-state index contributed by atoms with van der Waals surface area (Å²) in [5.74, 6) is -0.735. The first-order valence-corrected chi connectivity index (χ1v) is 10.9. The third kappa shape index (κ3) is 4.04. The molecule has 0 aliphatic heterocycles. The van der Waals surface area contributed by atoms with Gasteiger partial charge in [0.05, 0.1) is 30.3 Å². The van der Waals surface area contributed by atoms with Crippen LogP contribution < -0.4 is 10.5 Å². The number of methoxy groups -OCH3 is 1. The maximum absolute atomic E-state index is 14.7. The van der Waals surface area contributed by atoms with E-state index in [0.717, 1.165) is 23.3 Å². The molecule has 0 aliphatic rings. The highest BCUT2D eigenvalue weighted by atomic mass is 19.4. The van der Waals surface area contributed by atoms with E-state index in [2.05, 4.69) is 6.07 Å². The maximum atomic E-state index is 14.7. The molecule has 1 heterocycles. The minimum Gasteiger partial charge on any atom is -0.497 e. The molecule has 8 heteroatoms. The monoisotopic (exact) mass is 491 g/mol. The largest absolute Gasteiger partial charge is 0.497 e. The summed E-state index contributed by atoms with van der Waals surface area (Å²) in [6, 6.07) is 21.4. The maximum Gasteiger partial charge on any atom is 0.416 e. The number of carbonyl (C=O) groups is 1. The van der Waals surface area contributed by atoms with Gasteiger partial charge in [0, 0.05) is 21.9 Å². The van der Waals surface area contributed by atoms with Crippen LogP contribution in [0.2, 0.25) is 0 Å². The zero-order valence-corrected chi connectivity index (χ0v) is 19.0. The van der Waals surface area contributed by atoms with Crippen molar-refractivity contribution in [1.82, 2.24) is 4.57 Å². The molecule has 4 aromatic carbocycles. The fraction of sp³-hybridized carbons (Fsp3) is 0.107. The number of halogens is 4. The van der Waals surface area contributed by atoms with Crippen molar-refractivity contribution in [2.75, 3.05) is 7.11 Å². The predicted molar refractivity (Wildman–Crippen MR) is 129 cm³/mol. The second-order valence-electron chi connectivity index (χ2n) is 8.33. The number of hydrogen-bond donors (Lipinski definition) is 1. The Labute approximate surface area is 203 Å². The highest BCUT2D eigenvalue weighted by Gasteiger charge is 2.31. The standard InChI is InChI=1S/C28H19F4N2O2/c1-36-20-9-5-16(6-10-20)17-7-11-21-25(14-17)34(24-4-2-3-22(26(21)24)27(33)35)15-18-13-19(28(30,31)32)8-12-23(18)29/h2-10,12-14H,15H2,1H3,(H2,33,35). The van der Waals surface area contributed by atoms with Crippen LogP contribution in [0.5, 0.6) is 5.75 Å². The lowest BCUT2D eigenvalue weighted by Gasteiger charge is -2.13. The van der Waals surface area contributed by atoms with Gasteiger partial charge in [-0.25, -0.2) is 4.39 Å². The first-order chi connectivity index (χ1) is 17.2. The molecular weight excluding hydrogens is 472 g/mol. The number of benzene rings is 4. The van der Waals surface area contributed by atoms with Crippen molar-refractivity contribution < 1.29 is 27.1 Å². The van der Waals surface area contributed by atoms with Crippen molar-refractivity contribution in [3.05, 3.63) is 101 Å². The zero-order chi connectivity index (χ0) is 25.6. The SMILES string of the molecule is COc1ccc(-c2c[c]c3c4c(C(N)=O)cccc4n(Cc4cc(C(F)(F)F)ccc4F)c3c2)cc1. The summed E-state index contributed by atoms with van der Waals surface area (Å²) in [6.45, 7) is -0.197. The molecule has 0 aliphatic carbocycles. The lowest BCUT2D eigenvalue weighted by atomic mass is 10.0. The molecule has 0 spiro atoms. The van der Waals surface area contributed by atoms with Crippen molar-refractivity contribution in [3.63, 3.8) is 0 Å². The molecule has 0 unspecified atom stereocenters. The Balaban J connectivity index is 1.76. The summed E-state index contributed by atoms with van der Waals surface area (Å²) in [6.07, 6.45) is -4.61. The first-order valence-electron chi connectivity index (χ1n) is 10.9. The summed E-state index contributed by atoms with van der Waals surface area (Å²) in [5, 5.41) is 1.07. The smallest absolute Gasteiger partial charge is 0.416 e. The lowest BCUT2D eigenvalue weighted by molar-refractivity contribution is -0.137. The summed E-state index contributed by atoms with van der Waals surface area (Å²) in [5.41, 5.74) is 7.51. The van der Waals surface area contributed by atoms with E-state index in [0.29, 0.717) is 33.6 Å². The van der Waals surface area contributed by atoms with Gasteiger partial charge in [-0.15, -0.1) is 0 Å². The molecule has 0 atom stereocenters. The molecule has 0 saturated heterocycles. The van der Waals surface area contributed by atoms with E-state index in [1.54, 1.807) is 48.1 Å². The number of alkyl halides is 3. The Morgan fingerprint density at radius 2 is 1.75 bits per heavy atom. The van der Waals surface area contributed by atoms with Gasteiger partial charge in [-0.05, 0) is 71.8 Å². The van der Waals surface area contributed by atoms with Crippen LogP contribution in [0.15, 0.2) is 72.8 Å². The molecule has 0 bridgehead atoms. The van der Waals surface area contributed by atoms with E-state index in [4.69, 9.17) is 10.5 Å². The second-order valence-corrected chi connectivity index (χ2v) is 8.33. The van der Waals surface area contributed by atoms with Gasteiger partial charge in [-0.1, -0.05) is 18.2 Å². The lowest BCUT2D eigenvalue weighted by Crippen LogP contribution is -2.11. The van der Waals surface area contributed by atoms with Crippen molar-refractivity contribution >= 4 is 27.7 Å². The van der Waals surface area contributed by atoms with Gasteiger partial charge in [0.25, 0.3) is 0 Å². The van der Waals surface area contributed by atoms with E-state index < -0.39 is 23.5 Å². The quantitative estimate of drug-likeness (QED) is 0.283. The predicted octanol–water partition coefficient (Wildman–Crippen LogP) is 6.58. The van der Waals surface area contributed by atoms with E-state index in [9.17, 15) is 22.4 Å². The molecule has 181 valence electrons. The molecule has 0 saturated carbocycles. The van der Waals surface area contributed by atoms with Gasteiger partial charge in [-0.2, -0.15) is 13.2 Å². The number of primary amides is 1. The van der Waals surface area contributed by atoms with E-state index in [-0.39, 0.29) is 17.7 Å². The molecule has 1 aromatic heterocycles. The van der Waals surface area contributed by atoms with Crippen LogP contribution in [0.25, 0.3) is 32.9 Å². The number of ether oxygens (including phenoxy) is 1. The van der Waals surface area contributed by atoms with Crippen LogP contribution in [0.3, 0.4) is 0 Å². The van der Waals surface area contributed by atoms with Gasteiger partial charge in [-0.3, -0.25) is 4.79 Å². The third-order valence-electron chi connectivity index (χ3n) is 6.18. The van der Waals surface area contributed by atoms with Crippen LogP contribution >= 0.6 is 0 Å². The minimum absolute atomic E-state index is 0.136. The normalized spacial score (nSPS) is 11.8. The number of carbonyl (C=O) groups excluding carboxylic acids is 1. The highest BCUT2D eigenvalue weighted by molar-refractivity contribution is 6.18. The van der Waals surface area contributed by atoms with Gasteiger partial charge in [0.15, 0.2) is 0 Å². The molecular formula is C28H19F4N2O2. The Kier molecular flexibility index (Phi) is 5.67.